The fourth-order valence-corrected chi connectivity index (χ4v) is 2.00. The van der Waals surface area contributed by atoms with Crippen LogP contribution in [0.25, 0.3) is 0 Å². The van der Waals surface area contributed by atoms with E-state index in [0.29, 0.717) is 28.9 Å². The molecular weight excluding hydrogens is 320 g/mol. The van der Waals surface area contributed by atoms with Crippen molar-refractivity contribution in [3.63, 3.8) is 0 Å². The molecule has 25 heavy (non-hydrogen) atoms. The van der Waals surface area contributed by atoms with Crippen LogP contribution < -0.4 is 20.1 Å². The molecule has 0 aliphatic carbocycles. The van der Waals surface area contributed by atoms with Gasteiger partial charge >= 0.3 is 6.09 Å². The molecule has 0 aliphatic heterocycles. The molecule has 0 bridgehead atoms. The predicted molar refractivity (Wildman–Crippen MR) is 94.2 cm³/mol. The van der Waals surface area contributed by atoms with E-state index in [9.17, 15) is 4.79 Å². The first-order valence-corrected chi connectivity index (χ1v) is 7.54. The van der Waals surface area contributed by atoms with Crippen LogP contribution in [0.3, 0.4) is 0 Å². The number of para-hydroxylation sites is 1. The van der Waals surface area contributed by atoms with Crippen LogP contribution in [0.1, 0.15) is 0 Å². The molecule has 0 radical (unpaired) electrons. The molecule has 7 heteroatoms. The van der Waals surface area contributed by atoms with Crippen molar-refractivity contribution >= 4 is 17.6 Å². The zero-order valence-electron chi connectivity index (χ0n) is 13.5. The Morgan fingerprint density at radius 3 is 2.44 bits per heavy atom. The van der Waals surface area contributed by atoms with Gasteiger partial charge in [0.05, 0.1) is 0 Å². The van der Waals surface area contributed by atoms with Crippen molar-refractivity contribution in [2.75, 3.05) is 17.7 Å². The van der Waals surface area contributed by atoms with Crippen molar-refractivity contribution in [1.82, 2.24) is 9.97 Å². The molecule has 1 heterocycles. The molecule has 1 amide bonds. The summed E-state index contributed by atoms with van der Waals surface area (Å²) < 4.78 is 10.8. The van der Waals surface area contributed by atoms with Crippen molar-refractivity contribution in [3.05, 3.63) is 67.0 Å². The number of nitrogens with one attached hydrogen (secondary N) is 2. The Kier molecular flexibility index (Phi) is 5.06. The summed E-state index contributed by atoms with van der Waals surface area (Å²) >= 11 is 0. The molecule has 1 aromatic heterocycles. The van der Waals surface area contributed by atoms with Gasteiger partial charge in [0.2, 0.25) is 5.88 Å². The molecular formula is C18H16N4O3. The highest BCUT2D eigenvalue weighted by Crippen LogP contribution is 2.22. The first-order chi connectivity index (χ1) is 12.2. The lowest BCUT2D eigenvalue weighted by atomic mass is 10.3. The maximum absolute atomic E-state index is 11.8. The van der Waals surface area contributed by atoms with Crippen LogP contribution in [-0.2, 0) is 0 Å². The van der Waals surface area contributed by atoms with Gasteiger partial charge in [0.25, 0.3) is 0 Å². The Balaban J connectivity index is 1.59. The molecule has 0 spiro atoms. The zero-order chi connectivity index (χ0) is 17.5. The van der Waals surface area contributed by atoms with E-state index >= 15 is 0 Å². The van der Waals surface area contributed by atoms with E-state index in [1.165, 1.54) is 6.33 Å². The smallest absolute Gasteiger partial charge is 0.417 e. The fraction of sp³-hybridized carbons (Fsp3) is 0.0556. The van der Waals surface area contributed by atoms with Crippen molar-refractivity contribution in [2.24, 2.45) is 0 Å². The van der Waals surface area contributed by atoms with Gasteiger partial charge in [-0.2, -0.15) is 0 Å². The molecule has 0 unspecified atom stereocenters. The second-order valence-corrected chi connectivity index (χ2v) is 4.95. The average Bonchev–Trinajstić information content (AvgIpc) is 2.64. The van der Waals surface area contributed by atoms with E-state index in [0.717, 1.165) is 0 Å². The first kappa shape index (κ1) is 16.3. The van der Waals surface area contributed by atoms with Crippen molar-refractivity contribution in [2.45, 2.75) is 0 Å². The van der Waals surface area contributed by atoms with E-state index in [4.69, 9.17) is 9.47 Å². The van der Waals surface area contributed by atoms with Crippen molar-refractivity contribution < 1.29 is 14.3 Å². The number of amides is 1. The number of benzene rings is 2. The van der Waals surface area contributed by atoms with Gasteiger partial charge < -0.3 is 14.8 Å². The van der Waals surface area contributed by atoms with Crippen LogP contribution in [0, 0.1) is 0 Å². The molecule has 126 valence electrons. The monoisotopic (exact) mass is 336 g/mol. The second kappa shape index (κ2) is 7.78. The number of anilines is 2. The zero-order valence-corrected chi connectivity index (χ0v) is 13.5. The molecule has 0 aliphatic rings. The normalized spacial score (nSPS) is 9.96. The molecule has 0 saturated heterocycles. The second-order valence-electron chi connectivity index (χ2n) is 4.95. The highest BCUT2D eigenvalue weighted by atomic mass is 16.6. The number of carbonyl (C=O) groups is 1. The van der Waals surface area contributed by atoms with Crippen LogP contribution in [0.2, 0.25) is 0 Å². The lowest BCUT2D eigenvalue weighted by Gasteiger charge is -2.08. The number of hydrogen-bond donors (Lipinski definition) is 2. The standard InChI is InChI=1S/C18H16N4O3/c1-19-16-11-17(21-12-20-16)24-15-9-7-13(8-10-15)22-18(23)25-14-5-3-2-4-6-14/h2-12H,1H3,(H,22,23)(H,19,20,21). The number of ether oxygens (including phenoxy) is 2. The Morgan fingerprint density at radius 1 is 0.960 bits per heavy atom. The molecule has 0 fully saturated rings. The quantitative estimate of drug-likeness (QED) is 0.734. The number of hydrogen-bond acceptors (Lipinski definition) is 6. The van der Waals surface area contributed by atoms with E-state index < -0.39 is 6.09 Å². The van der Waals surface area contributed by atoms with Crippen LogP contribution in [0.4, 0.5) is 16.3 Å². The van der Waals surface area contributed by atoms with Gasteiger partial charge in [0, 0.05) is 18.8 Å². The van der Waals surface area contributed by atoms with Gasteiger partial charge in [-0.05, 0) is 36.4 Å². The Bertz CT molecular complexity index is 838. The summed E-state index contributed by atoms with van der Waals surface area (Å²) in [4.78, 5) is 19.9. The van der Waals surface area contributed by atoms with Crippen molar-refractivity contribution in [3.8, 4) is 17.4 Å². The predicted octanol–water partition coefficient (Wildman–Crippen LogP) is 3.92. The molecule has 3 rings (SSSR count). The van der Waals surface area contributed by atoms with Gasteiger partial charge in [0.1, 0.15) is 23.6 Å². The van der Waals surface area contributed by atoms with Crippen LogP contribution >= 0.6 is 0 Å². The largest absolute Gasteiger partial charge is 0.439 e. The SMILES string of the molecule is CNc1cc(Oc2ccc(NC(=O)Oc3ccccc3)cc2)ncn1. The summed E-state index contributed by atoms with van der Waals surface area (Å²) in [5.41, 5.74) is 0.590. The van der Waals surface area contributed by atoms with Crippen LogP contribution in [-0.4, -0.2) is 23.1 Å². The van der Waals surface area contributed by atoms with Gasteiger partial charge in [-0.25, -0.2) is 14.8 Å². The molecule has 2 N–H and O–H groups in total. The third-order valence-corrected chi connectivity index (χ3v) is 3.18. The average molecular weight is 336 g/mol. The Morgan fingerprint density at radius 2 is 1.72 bits per heavy atom. The highest BCUT2D eigenvalue weighted by Gasteiger charge is 2.06. The molecule has 3 aromatic rings. The Hall–Kier alpha value is -3.61. The minimum Gasteiger partial charge on any atom is -0.439 e. The third-order valence-electron chi connectivity index (χ3n) is 3.18. The summed E-state index contributed by atoms with van der Waals surface area (Å²) in [6.07, 6.45) is 0.853. The first-order valence-electron chi connectivity index (χ1n) is 7.54. The van der Waals surface area contributed by atoms with Crippen molar-refractivity contribution in [1.29, 1.82) is 0 Å². The number of nitrogens with zero attached hydrogens (tertiary/aromatic N) is 2. The van der Waals surface area contributed by atoms with E-state index in [1.54, 1.807) is 61.6 Å². The molecule has 0 atom stereocenters. The topological polar surface area (TPSA) is 85.4 Å². The lowest BCUT2D eigenvalue weighted by Crippen LogP contribution is -2.16. The fourth-order valence-electron chi connectivity index (χ4n) is 2.00. The maximum atomic E-state index is 11.8. The third kappa shape index (κ3) is 4.68. The van der Waals surface area contributed by atoms with Crippen LogP contribution in [0.15, 0.2) is 67.0 Å². The van der Waals surface area contributed by atoms with Gasteiger partial charge in [-0.1, -0.05) is 18.2 Å². The summed E-state index contributed by atoms with van der Waals surface area (Å²) in [6, 6.07) is 17.4. The summed E-state index contributed by atoms with van der Waals surface area (Å²) in [6.45, 7) is 0. The van der Waals surface area contributed by atoms with Gasteiger partial charge in [-0.3, -0.25) is 5.32 Å². The van der Waals surface area contributed by atoms with E-state index in [2.05, 4.69) is 20.6 Å². The minimum atomic E-state index is -0.561. The maximum Gasteiger partial charge on any atom is 0.417 e. The number of rotatable bonds is 5. The Labute approximate surface area is 144 Å². The molecule has 2 aromatic carbocycles. The van der Waals surface area contributed by atoms with E-state index in [-0.39, 0.29) is 0 Å². The highest BCUT2D eigenvalue weighted by molar-refractivity contribution is 5.86. The molecule has 0 saturated carbocycles. The van der Waals surface area contributed by atoms with E-state index in [1.807, 2.05) is 6.07 Å². The summed E-state index contributed by atoms with van der Waals surface area (Å²) in [7, 11) is 1.76. The summed E-state index contributed by atoms with van der Waals surface area (Å²) in [5, 5.41) is 5.56. The van der Waals surface area contributed by atoms with Gasteiger partial charge in [-0.15, -0.1) is 0 Å². The number of aromatic nitrogens is 2. The molecule has 7 nitrogen and oxygen atoms in total. The summed E-state index contributed by atoms with van der Waals surface area (Å²) in [5.74, 6) is 2.14. The van der Waals surface area contributed by atoms with Gasteiger partial charge in [0.15, 0.2) is 0 Å². The minimum absolute atomic E-state index is 0.420. The van der Waals surface area contributed by atoms with Crippen LogP contribution in [0.5, 0.6) is 17.4 Å². The lowest BCUT2D eigenvalue weighted by molar-refractivity contribution is 0.215. The number of carbonyl (C=O) groups excluding carboxylic acids is 1.